The topological polar surface area (TPSA) is 34.6 Å². The van der Waals surface area contributed by atoms with Crippen LogP contribution in [-0.4, -0.2) is 18.8 Å². The number of fused-ring (bicyclic) bond motifs is 16. The van der Waals surface area contributed by atoms with Gasteiger partial charge in [-0.25, -0.2) is 9.97 Å². The molecule has 4 heterocycles. The lowest BCUT2D eigenvalue weighted by Crippen LogP contribution is -2.10. The fourth-order valence-electron chi connectivity index (χ4n) is 8.02. The molecule has 0 aliphatic rings. The maximum absolute atomic E-state index is 5.35. The van der Waals surface area contributed by atoms with Crippen molar-refractivity contribution >= 4 is 76.7 Å². The molecule has 6 aromatic carbocycles. The van der Waals surface area contributed by atoms with E-state index in [2.05, 4.69) is 172 Å². The molecule has 0 N–H and O–H groups in total. The molecule has 50 heavy (non-hydrogen) atoms. The highest BCUT2D eigenvalue weighted by molar-refractivity contribution is 6.16. The van der Waals surface area contributed by atoms with E-state index in [0.29, 0.717) is 0 Å². The van der Waals surface area contributed by atoms with E-state index in [-0.39, 0.29) is 10.8 Å². The zero-order valence-corrected chi connectivity index (χ0v) is 29.3. The number of imidazole rings is 2. The smallest absolute Gasteiger partial charge is 0.146 e. The molecule has 0 aliphatic carbocycles. The average Bonchev–Trinajstić information content (AvgIpc) is 3.70. The van der Waals surface area contributed by atoms with Crippen molar-refractivity contribution in [3.05, 3.63) is 132 Å². The largest absolute Gasteiger partial charge is 0.292 e. The van der Waals surface area contributed by atoms with E-state index >= 15 is 0 Å². The molecule has 0 spiro atoms. The quantitative estimate of drug-likeness (QED) is 0.166. The predicted molar refractivity (Wildman–Crippen MR) is 212 cm³/mol. The summed E-state index contributed by atoms with van der Waals surface area (Å²) in [6.45, 7) is 13.6. The van der Waals surface area contributed by atoms with Crippen molar-refractivity contribution in [1.82, 2.24) is 18.8 Å². The van der Waals surface area contributed by atoms with Crippen LogP contribution in [0.2, 0.25) is 0 Å². The van der Waals surface area contributed by atoms with Crippen molar-refractivity contribution in [2.75, 3.05) is 0 Å². The second kappa shape index (κ2) is 9.92. The van der Waals surface area contributed by atoms with Crippen LogP contribution in [0, 0.1) is 0 Å². The van der Waals surface area contributed by atoms with Crippen LogP contribution >= 0.6 is 0 Å². The Kier molecular flexibility index (Phi) is 5.79. The van der Waals surface area contributed by atoms with Crippen molar-refractivity contribution in [1.29, 1.82) is 0 Å². The molecule has 0 fully saturated rings. The van der Waals surface area contributed by atoms with E-state index < -0.39 is 0 Å². The van der Waals surface area contributed by atoms with Crippen LogP contribution in [0.3, 0.4) is 0 Å². The van der Waals surface area contributed by atoms with Gasteiger partial charge in [-0.1, -0.05) is 108 Å². The molecule has 0 unspecified atom stereocenters. The zero-order chi connectivity index (χ0) is 34.1. The molecule has 10 aromatic rings. The SMILES string of the molecule is CC(C)(C)c1ccc2c(c1)nc1c3ccc(-c4ccc5c(c4)nc4c6cc(C(C)(C)C)ccc6c6ccccc6n54)cc3c3ccccc3n21. The van der Waals surface area contributed by atoms with Gasteiger partial charge in [0, 0.05) is 21.5 Å². The number of hydrogen-bond donors (Lipinski definition) is 0. The van der Waals surface area contributed by atoms with Gasteiger partial charge in [-0.2, -0.15) is 0 Å². The van der Waals surface area contributed by atoms with Gasteiger partial charge < -0.3 is 0 Å². The van der Waals surface area contributed by atoms with Gasteiger partial charge in [0.25, 0.3) is 0 Å². The van der Waals surface area contributed by atoms with Crippen LogP contribution in [0.15, 0.2) is 121 Å². The molecular weight excluding hydrogens is 609 g/mol. The Balaban J connectivity index is 1.21. The average molecular weight is 647 g/mol. The summed E-state index contributed by atoms with van der Waals surface area (Å²) in [4.78, 5) is 10.6. The van der Waals surface area contributed by atoms with E-state index in [1.807, 2.05) is 0 Å². The second-order valence-corrected chi connectivity index (χ2v) is 16.0. The minimum absolute atomic E-state index is 0.0420. The van der Waals surface area contributed by atoms with Gasteiger partial charge >= 0.3 is 0 Å². The molecule has 4 nitrogen and oxygen atoms in total. The second-order valence-electron chi connectivity index (χ2n) is 16.0. The summed E-state index contributed by atoms with van der Waals surface area (Å²) >= 11 is 0. The summed E-state index contributed by atoms with van der Waals surface area (Å²) in [7, 11) is 0. The van der Waals surface area contributed by atoms with Crippen molar-refractivity contribution in [2.24, 2.45) is 0 Å². The van der Waals surface area contributed by atoms with Gasteiger partial charge in [-0.15, -0.1) is 0 Å². The molecule has 242 valence electrons. The lowest BCUT2D eigenvalue weighted by atomic mass is 9.85. The van der Waals surface area contributed by atoms with Gasteiger partial charge in [-0.3, -0.25) is 8.80 Å². The van der Waals surface area contributed by atoms with Crippen LogP contribution in [-0.2, 0) is 10.8 Å². The van der Waals surface area contributed by atoms with Crippen molar-refractivity contribution < 1.29 is 0 Å². The van der Waals surface area contributed by atoms with Crippen LogP contribution < -0.4 is 0 Å². The van der Waals surface area contributed by atoms with Gasteiger partial charge in [0.05, 0.1) is 33.1 Å². The Bertz CT molecular complexity index is 3050. The van der Waals surface area contributed by atoms with E-state index in [0.717, 1.165) is 44.3 Å². The summed E-state index contributed by atoms with van der Waals surface area (Å²) < 4.78 is 4.68. The lowest BCUT2D eigenvalue weighted by Gasteiger charge is -2.20. The fraction of sp³-hybridized carbons (Fsp3) is 0.174. The standard InChI is InChI=1S/C46H38N4/c1-45(2,3)29-17-20-31-32-11-7-9-13-39(32)50-41-21-16-28(24-37(41)47-44(50)36(31)25-29)27-15-19-34-35(23-27)33-12-8-10-14-40(33)49-42-22-18-30(46(4,5)6)26-38(42)48-43(34)49/h7-26H,1-6H3. The van der Waals surface area contributed by atoms with Gasteiger partial charge in [0.2, 0.25) is 0 Å². The monoisotopic (exact) mass is 646 g/mol. The van der Waals surface area contributed by atoms with E-state index in [1.54, 1.807) is 0 Å². The predicted octanol–water partition coefficient (Wildman–Crippen LogP) is 12.2. The summed E-state index contributed by atoms with van der Waals surface area (Å²) in [5, 5.41) is 7.26. The summed E-state index contributed by atoms with van der Waals surface area (Å²) in [6.07, 6.45) is 0. The summed E-state index contributed by atoms with van der Waals surface area (Å²) in [6, 6.07) is 44.7. The number of rotatable bonds is 1. The zero-order valence-electron chi connectivity index (χ0n) is 29.3. The van der Waals surface area contributed by atoms with E-state index in [1.165, 1.54) is 54.7 Å². The minimum Gasteiger partial charge on any atom is -0.292 e. The van der Waals surface area contributed by atoms with Gasteiger partial charge in [0.1, 0.15) is 11.3 Å². The Morgan fingerprint density at radius 1 is 0.380 bits per heavy atom. The first kappa shape index (κ1) is 29.2. The number of hydrogen-bond acceptors (Lipinski definition) is 2. The number of aromatic nitrogens is 4. The first-order valence-electron chi connectivity index (χ1n) is 17.6. The number of pyridine rings is 2. The summed E-state index contributed by atoms with van der Waals surface area (Å²) in [5.41, 5.74) is 13.7. The Hall–Kier alpha value is -5.74. The third-order valence-electron chi connectivity index (χ3n) is 10.8. The molecule has 0 saturated carbocycles. The molecule has 10 rings (SSSR count). The molecule has 0 aliphatic heterocycles. The molecule has 0 radical (unpaired) electrons. The molecule has 0 bridgehead atoms. The third kappa shape index (κ3) is 4.11. The van der Waals surface area contributed by atoms with Crippen LogP contribution in [0.25, 0.3) is 87.8 Å². The van der Waals surface area contributed by atoms with Crippen molar-refractivity contribution in [3.8, 4) is 11.1 Å². The van der Waals surface area contributed by atoms with Gasteiger partial charge in [0.15, 0.2) is 0 Å². The lowest BCUT2D eigenvalue weighted by molar-refractivity contribution is 0.591. The first-order chi connectivity index (χ1) is 24.0. The molecule has 4 heteroatoms. The van der Waals surface area contributed by atoms with Crippen molar-refractivity contribution in [2.45, 2.75) is 52.4 Å². The Morgan fingerprint density at radius 3 is 1.56 bits per heavy atom. The highest BCUT2D eigenvalue weighted by Crippen LogP contribution is 2.39. The normalized spacial score (nSPS) is 13.0. The Morgan fingerprint density at radius 2 is 0.880 bits per heavy atom. The highest BCUT2D eigenvalue weighted by atomic mass is 15.0. The number of benzene rings is 6. The fourth-order valence-corrected chi connectivity index (χ4v) is 8.02. The van der Waals surface area contributed by atoms with Gasteiger partial charge in [-0.05, 0) is 98.5 Å². The van der Waals surface area contributed by atoms with E-state index in [9.17, 15) is 0 Å². The van der Waals surface area contributed by atoms with Crippen molar-refractivity contribution in [3.63, 3.8) is 0 Å². The summed E-state index contributed by atoms with van der Waals surface area (Å²) in [5.74, 6) is 0. The van der Waals surface area contributed by atoms with Crippen LogP contribution in [0.5, 0.6) is 0 Å². The van der Waals surface area contributed by atoms with Crippen LogP contribution in [0.1, 0.15) is 52.7 Å². The molecule has 0 atom stereocenters. The molecule has 0 saturated heterocycles. The molecule has 4 aromatic heterocycles. The van der Waals surface area contributed by atoms with E-state index in [4.69, 9.17) is 9.97 Å². The first-order valence-corrected chi connectivity index (χ1v) is 17.6. The minimum atomic E-state index is 0.0420. The maximum Gasteiger partial charge on any atom is 0.146 e. The highest BCUT2D eigenvalue weighted by Gasteiger charge is 2.20. The van der Waals surface area contributed by atoms with Crippen LogP contribution in [0.4, 0.5) is 0 Å². The number of para-hydroxylation sites is 2. The number of nitrogens with zero attached hydrogens (tertiary/aromatic N) is 4. The third-order valence-corrected chi connectivity index (χ3v) is 10.8. The molecule has 0 amide bonds. The molecular formula is C46H38N4. The maximum atomic E-state index is 5.35. The Labute approximate surface area is 290 Å².